The fraction of sp³-hybridized carbons (Fsp3) is 0.538. The third-order valence-corrected chi connectivity index (χ3v) is 2.45. The van der Waals surface area contributed by atoms with E-state index in [2.05, 4.69) is 24.1 Å². The molecule has 3 heteroatoms. The lowest BCUT2D eigenvalue weighted by molar-refractivity contribution is 0.0932. The third-order valence-electron chi connectivity index (χ3n) is 2.45. The van der Waals surface area contributed by atoms with Crippen LogP contribution in [0, 0.1) is 5.92 Å². The minimum absolute atomic E-state index is 0.0862. The number of amides is 1. The summed E-state index contributed by atoms with van der Waals surface area (Å²) in [6.45, 7) is 6.41. The van der Waals surface area contributed by atoms with Crippen molar-refractivity contribution in [1.29, 1.82) is 0 Å². The number of nitrogens with zero attached hydrogens (tertiary/aromatic N) is 1. The van der Waals surface area contributed by atoms with Crippen LogP contribution in [0.15, 0.2) is 24.4 Å². The highest BCUT2D eigenvalue weighted by atomic mass is 16.1. The van der Waals surface area contributed by atoms with Gasteiger partial charge in [0, 0.05) is 12.2 Å². The van der Waals surface area contributed by atoms with Crippen molar-refractivity contribution in [2.75, 3.05) is 0 Å². The highest BCUT2D eigenvalue weighted by molar-refractivity contribution is 5.92. The Morgan fingerprint density at radius 1 is 1.31 bits per heavy atom. The second-order valence-corrected chi connectivity index (χ2v) is 4.56. The van der Waals surface area contributed by atoms with Gasteiger partial charge in [0.1, 0.15) is 5.69 Å². The van der Waals surface area contributed by atoms with E-state index >= 15 is 0 Å². The molecule has 1 heterocycles. The van der Waals surface area contributed by atoms with Crippen molar-refractivity contribution < 1.29 is 4.79 Å². The molecule has 1 aromatic rings. The zero-order valence-electron chi connectivity index (χ0n) is 10.2. The first-order chi connectivity index (χ1) is 7.59. The van der Waals surface area contributed by atoms with E-state index < -0.39 is 0 Å². The predicted octanol–water partition coefficient (Wildman–Crippen LogP) is 2.64. The molecule has 88 valence electrons. The van der Waals surface area contributed by atoms with Gasteiger partial charge in [0.05, 0.1) is 0 Å². The van der Waals surface area contributed by atoms with Crippen LogP contribution in [0.25, 0.3) is 0 Å². The van der Waals surface area contributed by atoms with Crippen LogP contribution in [0.2, 0.25) is 0 Å². The second-order valence-electron chi connectivity index (χ2n) is 4.56. The maximum absolute atomic E-state index is 11.7. The Morgan fingerprint density at radius 2 is 2.06 bits per heavy atom. The van der Waals surface area contributed by atoms with E-state index in [1.807, 2.05) is 13.0 Å². The number of nitrogens with one attached hydrogen (secondary N) is 1. The fourth-order valence-corrected chi connectivity index (χ4v) is 1.45. The van der Waals surface area contributed by atoms with Gasteiger partial charge in [-0.2, -0.15) is 0 Å². The van der Waals surface area contributed by atoms with Crippen molar-refractivity contribution in [3.05, 3.63) is 30.1 Å². The maximum Gasteiger partial charge on any atom is 0.270 e. The molecule has 1 aromatic heterocycles. The fourth-order valence-electron chi connectivity index (χ4n) is 1.45. The monoisotopic (exact) mass is 220 g/mol. The van der Waals surface area contributed by atoms with Gasteiger partial charge in [-0.25, -0.2) is 0 Å². The molecule has 16 heavy (non-hydrogen) atoms. The molecule has 3 nitrogen and oxygen atoms in total. The van der Waals surface area contributed by atoms with Crippen molar-refractivity contribution in [3.8, 4) is 0 Å². The van der Waals surface area contributed by atoms with Crippen LogP contribution in [0.3, 0.4) is 0 Å². The van der Waals surface area contributed by atoms with E-state index in [9.17, 15) is 4.79 Å². The molecule has 0 saturated heterocycles. The number of rotatable bonds is 5. The lowest BCUT2D eigenvalue weighted by Gasteiger charge is -2.14. The van der Waals surface area contributed by atoms with Crippen LogP contribution in [0.4, 0.5) is 0 Å². The Balaban J connectivity index is 2.40. The summed E-state index contributed by atoms with van der Waals surface area (Å²) in [7, 11) is 0. The zero-order chi connectivity index (χ0) is 12.0. The summed E-state index contributed by atoms with van der Waals surface area (Å²) >= 11 is 0. The molecule has 1 rings (SSSR count). The molecule has 1 N–H and O–H groups in total. The molecular weight excluding hydrogens is 200 g/mol. The van der Waals surface area contributed by atoms with Gasteiger partial charge in [0.2, 0.25) is 0 Å². The molecule has 0 saturated carbocycles. The normalized spacial score (nSPS) is 12.5. The van der Waals surface area contributed by atoms with Crippen molar-refractivity contribution in [2.24, 2.45) is 5.92 Å². The summed E-state index contributed by atoms with van der Waals surface area (Å²) in [6, 6.07) is 5.56. The van der Waals surface area contributed by atoms with Crippen LogP contribution in [-0.4, -0.2) is 16.9 Å². The van der Waals surface area contributed by atoms with Gasteiger partial charge < -0.3 is 5.32 Å². The van der Waals surface area contributed by atoms with Crippen LogP contribution in [0.1, 0.15) is 44.1 Å². The SMILES string of the molecule is CC(C)CCC(C)NC(=O)c1ccccn1. The largest absolute Gasteiger partial charge is 0.348 e. The number of aromatic nitrogens is 1. The van der Waals surface area contributed by atoms with Gasteiger partial charge in [-0.3, -0.25) is 9.78 Å². The molecule has 0 radical (unpaired) electrons. The Labute approximate surface area is 97.3 Å². The van der Waals surface area contributed by atoms with Gasteiger partial charge in [0.15, 0.2) is 0 Å². The van der Waals surface area contributed by atoms with Crippen LogP contribution >= 0.6 is 0 Å². The highest BCUT2D eigenvalue weighted by Gasteiger charge is 2.10. The van der Waals surface area contributed by atoms with Gasteiger partial charge >= 0.3 is 0 Å². The van der Waals surface area contributed by atoms with Gasteiger partial charge in [0.25, 0.3) is 5.91 Å². The van der Waals surface area contributed by atoms with Crippen molar-refractivity contribution >= 4 is 5.91 Å². The molecule has 0 spiro atoms. The minimum Gasteiger partial charge on any atom is -0.348 e. The Hall–Kier alpha value is -1.38. The Bertz CT molecular complexity index is 322. The zero-order valence-corrected chi connectivity index (χ0v) is 10.2. The second kappa shape index (κ2) is 6.26. The number of hydrogen-bond donors (Lipinski definition) is 1. The standard InChI is InChI=1S/C13H20N2O/c1-10(2)7-8-11(3)15-13(16)12-6-4-5-9-14-12/h4-6,9-11H,7-8H2,1-3H3,(H,15,16). The molecule has 1 amide bonds. The predicted molar refractivity (Wildman–Crippen MR) is 65.2 cm³/mol. The molecule has 0 aliphatic carbocycles. The lowest BCUT2D eigenvalue weighted by Crippen LogP contribution is -2.33. The topological polar surface area (TPSA) is 42.0 Å². The Morgan fingerprint density at radius 3 is 2.62 bits per heavy atom. The van der Waals surface area contributed by atoms with E-state index in [1.165, 1.54) is 0 Å². The Kier molecular flexibility index (Phi) is 4.96. The summed E-state index contributed by atoms with van der Waals surface area (Å²) in [4.78, 5) is 15.7. The molecule has 1 atom stereocenters. The first-order valence-electron chi connectivity index (χ1n) is 5.81. The average molecular weight is 220 g/mol. The number of pyridine rings is 1. The quantitative estimate of drug-likeness (QED) is 0.828. The molecule has 0 aliphatic rings. The molecule has 0 bridgehead atoms. The molecular formula is C13H20N2O. The summed E-state index contributed by atoms with van der Waals surface area (Å²) in [5.74, 6) is 0.589. The van der Waals surface area contributed by atoms with Crippen LogP contribution in [0.5, 0.6) is 0 Å². The van der Waals surface area contributed by atoms with E-state index in [4.69, 9.17) is 0 Å². The average Bonchev–Trinajstić information content (AvgIpc) is 2.27. The first-order valence-corrected chi connectivity index (χ1v) is 5.81. The molecule has 1 unspecified atom stereocenters. The lowest BCUT2D eigenvalue weighted by atomic mass is 10.0. The number of carbonyl (C=O) groups excluding carboxylic acids is 1. The van der Waals surface area contributed by atoms with E-state index in [0.29, 0.717) is 11.6 Å². The summed E-state index contributed by atoms with van der Waals surface area (Å²) in [5.41, 5.74) is 0.485. The van der Waals surface area contributed by atoms with E-state index in [0.717, 1.165) is 12.8 Å². The van der Waals surface area contributed by atoms with Gasteiger partial charge in [-0.1, -0.05) is 19.9 Å². The first kappa shape index (κ1) is 12.7. The van der Waals surface area contributed by atoms with E-state index in [-0.39, 0.29) is 11.9 Å². The van der Waals surface area contributed by atoms with Crippen LogP contribution in [-0.2, 0) is 0 Å². The van der Waals surface area contributed by atoms with E-state index in [1.54, 1.807) is 18.3 Å². The third kappa shape index (κ3) is 4.43. The molecule has 0 aromatic carbocycles. The van der Waals surface area contributed by atoms with Crippen molar-refractivity contribution in [3.63, 3.8) is 0 Å². The van der Waals surface area contributed by atoms with Crippen molar-refractivity contribution in [2.45, 2.75) is 39.7 Å². The summed E-state index contributed by atoms with van der Waals surface area (Å²) < 4.78 is 0. The number of carbonyl (C=O) groups is 1. The summed E-state index contributed by atoms with van der Waals surface area (Å²) in [6.07, 6.45) is 3.77. The van der Waals surface area contributed by atoms with Crippen LogP contribution < -0.4 is 5.32 Å². The minimum atomic E-state index is -0.0862. The summed E-state index contributed by atoms with van der Waals surface area (Å²) in [5, 5.41) is 2.95. The smallest absolute Gasteiger partial charge is 0.270 e. The number of hydrogen-bond acceptors (Lipinski definition) is 2. The van der Waals surface area contributed by atoms with Gasteiger partial charge in [-0.05, 0) is 37.8 Å². The van der Waals surface area contributed by atoms with Gasteiger partial charge in [-0.15, -0.1) is 0 Å². The molecule has 0 aliphatic heterocycles. The van der Waals surface area contributed by atoms with Crippen molar-refractivity contribution in [1.82, 2.24) is 10.3 Å². The molecule has 0 fully saturated rings. The maximum atomic E-state index is 11.7. The highest BCUT2D eigenvalue weighted by Crippen LogP contribution is 2.06.